The lowest BCUT2D eigenvalue weighted by molar-refractivity contribution is -0.201. The highest BCUT2D eigenvalue weighted by Crippen LogP contribution is 2.47. The maximum absolute atomic E-state index is 11.3. The van der Waals surface area contributed by atoms with Crippen LogP contribution < -0.4 is 5.73 Å². The van der Waals surface area contributed by atoms with Crippen LogP contribution in [0.5, 0.6) is 0 Å². The smallest absolute Gasteiger partial charge is 0.280 e. The fourth-order valence-electron chi connectivity index (χ4n) is 4.63. The highest BCUT2D eigenvalue weighted by Gasteiger charge is 2.48. The van der Waals surface area contributed by atoms with Crippen LogP contribution in [0.3, 0.4) is 0 Å². The van der Waals surface area contributed by atoms with Crippen molar-refractivity contribution in [2.45, 2.75) is 38.0 Å². The van der Waals surface area contributed by atoms with Crippen LogP contribution in [0.25, 0.3) is 11.1 Å². The summed E-state index contributed by atoms with van der Waals surface area (Å²) in [6.07, 6.45) is 5.52. The number of carbonyl (C=O) groups excluding carboxylic acids is 1. The molecule has 2 aromatic rings. The molecular weight excluding hydrogens is 444 g/mol. The first kappa shape index (κ1) is 20.9. The molecule has 1 saturated heterocycles. The van der Waals surface area contributed by atoms with Crippen LogP contribution in [0.15, 0.2) is 65.5 Å². The number of carbonyl (C=O) groups is 1. The number of primary amides is 1. The molecular formula is C24H27BrN2O3. The average Bonchev–Trinajstić information content (AvgIpc) is 3.25. The number of rotatable bonds is 6. The van der Waals surface area contributed by atoms with Crippen molar-refractivity contribution < 1.29 is 14.3 Å². The molecule has 0 saturated carbocycles. The van der Waals surface area contributed by atoms with Crippen LogP contribution in [-0.2, 0) is 20.1 Å². The van der Waals surface area contributed by atoms with E-state index in [1.54, 1.807) is 12.5 Å². The second kappa shape index (κ2) is 8.82. The van der Waals surface area contributed by atoms with Crippen molar-refractivity contribution in [2.24, 2.45) is 11.7 Å². The van der Waals surface area contributed by atoms with Crippen molar-refractivity contribution in [3.63, 3.8) is 0 Å². The molecule has 6 heteroatoms. The Morgan fingerprint density at radius 3 is 2.40 bits per heavy atom. The van der Waals surface area contributed by atoms with Gasteiger partial charge in [-0.3, -0.25) is 4.79 Å². The Labute approximate surface area is 186 Å². The van der Waals surface area contributed by atoms with Crippen LogP contribution in [0, 0.1) is 5.92 Å². The van der Waals surface area contributed by atoms with Crippen molar-refractivity contribution in [1.29, 1.82) is 0 Å². The summed E-state index contributed by atoms with van der Waals surface area (Å²) in [6, 6.07) is 16.8. The summed E-state index contributed by atoms with van der Waals surface area (Å²) in [7, 11) is 0. The van der Waals surface area contributed by atoms with Gasteiger partial charge in [-0.1, -0.05) is 52.3 Å². The Balaban J connectivity index is 1.61. The van der Waals surface area contributed by atoms with E-state index in [-0.39, 0.29) is 17.9 Å². The molecule has 30 heavy (non-hydrogen) atoms. The van der Waals surface area contributed by atoms with Gasteiger partial charge in [0.1, 0.15) is 12.5 Å². The molecule has 2 N–H and O–H groups in total. The third-order valence-electron chi connectivity index (χ3n) is 6.19. The number of piperidine rings is 1. The van der Waals surface area contributed by atoms with Crippen LogP contribution in [0.2, 0.25) is 0 Å². The fourth-order valence-corrected chi connectivity index (χ4v) is 4.90. The van der Waals surface area contributed by atoms with Crippen LogP contribution in [-0.4, -0.2) is 29.9 Å². The zero-order valence-electron chi connectivity index (χ0n) is 17.1. The van der Waals surface area contributed by atoms with Gasteiger partial charge in [0.2, 0.25) is 5.91 Å². The number of likely N-dealkylation sites (tertiary alicyclic amines) is 1. The Morgan fingerprint density at radius 2 is 1.77 bits per heavy atom. The van der Waals surface area contributed by atoms with Gasteiger partial charge in [0.05, 0.1) is 0 Å². The molecule has 158 valence electrons. The second-order valence-electron chi connectivity index (χ2n) is 8.06. The molecule has 0 bridgehead atoms. The number of ether oxygens (including phenoxy) is 2. The minimum Gasteiger partial charge on any atom is -0.452 e. The van der Waals surface area contributed by atoms with Gasteiger partial charge in [-0.05, 0) is 56.1 Å². The van der Waals surface area contributed by atoms with E-state index in [9.17, 15) is 4.79 Å². The number of amides is 1. The standard InChI is InChI=1S/C24H27BrN2O3/c1-17(16-23(26)28)27-12-10-19(11-13-27)24(29-14-15-30-24)22-5-3-2-4-21(22)18-6-8-20(25)9-7-18/h2-9,14-15,17,19H,10-13,16H2,1H3,(H2,26,28). The first-order valence-corrected chi connectivity index (χ1v) is 11.2. The van der Waals surface area contributed by atoms with Crippen molar-refractivity contribution in [3.05, 3.63) is 71.1 Å². The van der Waals surface area contributed by atoms with E-state index in [0.29, 0.717) is 6.42 Å². The van der Waals surface area contributed by atoms with E-state index < -0.39 is 5.79 Å². The molecule has 1 amide bonds. The van der Waals surface area contributed by atoms with Gasteiger partial charge >= 0.3 is 0 Å². The molecule has 4 rings (SSSR count). The molecule has 0 radical (unpaired) electrons. The molecule has 1 unspecified atom stereocenters. The molecule has 1 fully saturated rings. The van der Waals surface area contributed by atoms with Gasteiger partial charge in [0.25, 0.3) is 5.79 Å². The lowest BCUT2D eigenvalue weighted by Crippen LogP contribution is -2.47. The number of halogens is 1. The summed E-state index contributed by atoms with van der Waals surface area (Å²) in [6.45, 7) is 3.83. The molecule has 5 nitrogen and oxygen atoms in total. The van der Waals surface area contributed by atoms with Crippen molar-refractivity contribution in [2.75, 3.05) is 13.1 Å². The summed E-state index contributed by atoms with van der Waals surface area (Å²) >= 11 is 3.51. The van der Waals surface area contributed by atoms with E-state index in [2.05, 4.69) is 52.0 Å². The molecule has 1 atom stereocenters. The first-order valence-electron chi connectivity index (χ1n) is 10.4. The zero-order valence-corrected chi connectivity index (χ0v) is 18.7. The summed E-state index contributed by atoms with van der Waals surface area (Å²) in [5, 5.41) is 0. The lowest BCUT2D eigenvalue weighted by atomic mass is 9.81. The second-order valence-corrected chi connectivity index (χ2v) is 8.97. The fraction of sp³-hybridized carbons (Fsp3) is 0.375. The van der Waals surface area contributed by atoms with Gasteiger partial charge in [0.15, 0.2) is 0 Å². The predicted octanol–water partition coefficient (Wildman–Crippen LogP) is 4.76. The SMILES string of the molecule is CC(CC(N)=O)N1CCC(C2(c3ccccc3-c3ccc(Br)cc3)OC=CO2)CC1. The van der Waals surface area contributed by atoms with E-state index in [0.717, 1.165) is 47.1 Å². The highest BCUT2D eigenvalue weighted by molar-refractivity contribution is 9.10. The normalized spacial score (nSPS) is 19.8. The van der Waals surface area contributed by atoms with E-state index in [1.165, 1.54) is 0 Å². The van der Waals surface area contributed by atoms with Crippen LogP contribution in [0.4, 0.5) is 0 Å². The number of nitrogens with two attached hydrogens (primary N) is 1. The molecule has 0 aromatic heterocycles. The van der Waals surface area contributed by atoms with Crippen LogP contribution in [0.1, 0.15) is 31.7 Å². The zero-order chi connectivity index (χ0) is 21.1. The van der Waals surface area contributed by atoms with Crippen molar-refractivity contribution in [1.82, 2.24) is 4.90 Å². The van der Waals surface area contributed by atoms with Gasteiger partial charge in [-0.15, -0.1) is 0 Å². The van der Waals surface area contributed by atoms with E-state index in [1.807, 2.05) is 24.3 Å². The number of nitrogens with zero attached hydrogens (tertiary/aromatic N) is 1. The minimum absolute atomic E-state index is 0.151. The molecule has 2 aliphatic rings. The molecule has 0 aliphatic carbocycles. The summed E-state index contributed by atoms with van der Waals surface area (Å²) in [4.78, 5) is 13.6. The first-order chi connectivity index (χ1) is 14.5. The van der Waals surface area contributed by atoms with E-state index >= 15 is 0 Å². The van der Waals surface area contributed by atoms with Gasteiger partial charge < -0.3 is 20.1 Å². The Hall–Kier alpha value is -2.31. The molecule has 2 aromatic carbocycles. The summed E-state index contributed by atoms with van der Waals surface area (Å²) < 4.78 is 13.5. The quantitative estimate of drug-likeness (QED) is 0.660. The average molecular weight is 471 g/mol. The Bertz CT molecular complexity index is 912. The maximum atomic E-state index is 11.3. The minimum atomic E-state index is -0.831. The third-order valence-corrected chi connectivity index (χ3v) is 6.72. The van der Waals surface area contributed by atoms with Crippen molar-refractivity contribution >= 4 is 21.8 Å². The molecule has 2 heterocycles. The summed E-state index contributed by atoms with van der Waals surface area (Å²) in [5.74, 6) is -0.889. The number of hydrogen-bond acceptors (Lipinski definition) is 4. The Morgan fingerprint density at radius 1 is 1.13 bits per heavy atom. The van der Waals surface area contributed by atoms with Crippen molar-refractivity contribution in [3.8, 4) is 11.1 Å². The van der Waals surface area contributed by atoms with Crippen LogP contribution >= 0.6 is 15.9 Å². The molecule has 0 spiro atoms. The highest BCUT2D eigenvalue weighted by atomic mass is 79.9. The number of hydrogen-bond donors (Lipinski definition) is 1. The van der Waals surface area contributed by atoms with Gasteiger partial charge in [-0.25, -0.2) is 0 Å². The third kappa shape index (κ3) is 4.12. The maximum Gasteiger partial charge on any atom is 0.280 e. The largest absolute Gasteiger partial charge is 0.452 e. The predicted molar refractivity (Wildman–Crippen MR) is 120 cm³/mol. The molecule has 2 aliphatic heterocycles. The van der Waals surface area contributed by atoms with E-state index in [4.69, 9.17) is 15.2 Å². The summed E-state index contributed by atoms with van der Waals surface area (Å²) in [5.41, 5.74) is 8.67. The monoisotopic (exact) mass is 470 g/mol. The lowest BCUT2D eigenvalue weighted by Gasteiger charge is -2.43. The topological polar surface area (TPSA) is 64.8 Å². The number of benzene rings is 2. The Kier molecular flexibility index (Phi) is 6.16. The van der Waals surface area contributed by atoms with Gasteiger partial charge in [0, 0.05) is 28.4 Å². The van der Waals surface area contributed by atoms with Gasteiger partial charge in [-0.2, -0.15) is 0 Å².